The molecule has 0 aromatic carbocycles. The highest BCUT2D eigenvalue weighted by Crippen LogP contribution is 2.26. The minimum Gasteiger partial charge on any atom is -0.479 e. The molecule has 1 rings (SSSR count). The van der Waals surface area contributed by atoms with Crippen LogP contribution in [0.2, 0.25) is 0 Å². The van der Waals surface area contributed by atoms with Crippen molar-refractivity contribution >= 4 is 12.0 Å². The van der Waals surface area contributed by atoms with Gasteiger partial charge in [0.15, 0.2) is 6.10 Å². The minimum absolute atomic E-state index is 0.0189. The molecular weight excluding hydrogens is 248 g/mol. The van der Waals surface area contributed by atoms with Crippen molar-refractivity contribution in [3.05, 3.63) is 0 Å². The summed E-state index contributed by atoms with van der Waals surface area (Å²) in [7, 11) is 0. The van der Waals surface area contributed by atoms with Crippen LogP contribution in [0.1, 0.15) is 45.4 Å². The van der Waals surface area contributed by atoms with Crippen LogP contribution in [-0.2, 0) is 4.79 Å². The van der Waals surface area contributed by atoms with E-state index < -0.39 is 12.1 Å². The Kier molecular flexibility index (Phi) is 6.62. The topological polar surface area (TPSA) is 98.7 Å². The molecule has 3 atom stereocenters. The van der Waals surface area contributed by atoms with Crippen molar-refractivity contribution in [3.63, 3.8) is 0 Å². The maximum absolute atomic E-state index is 11.6. The molecule has 0 aromatic rings. The highest BCUT2D eigenvalue weighted by Gasteiger charge is 2.22. The van der Waals surface area contributed by atoms with Crippen molar-refractivity contribution in [1.82, 2.24) is 10.6 Å². The average molecular weight is 272 g/mol. The second-order valence-electron chi connectivity index (χ2n) is 5.18. The van der Waals surface area contributed by atoms with Crippen molar-refractivity contribution in [2.75, 3.05) is 6.54 Å². The number of amides is 2. The number of urea groups is 1. The molecule has 1 fully saturated rings. The van der Waals surface area contributed by atoms with Crippen LogP contribution in [0.5, 0.6) is 0 Å². The number of hydrogen-bond donors (Lipinski definition) is 4. The number of carbonyl (C=O) groups excluding carboxylic acids is 1. The summed E-state index contributed by atoms with van der Waals surface area (Å²) in [5.41, 5.74) is 0. The molecule has 0 saturated heterocycles. The van der Waals surface area contributed by atoms with Crippen LogP contribution in [0.15, 0.2) is 0 Å². The van der Waals surface area contributed by atoms with Gasteiger partial charge in [-0.05, 0) is 18.8 Å². The molecule has 0 aliphatic heterocycles. The first-order valence-corrected chi connectivity index (χ1v) is 6.98. The normalized spacial score (nSPS) is 24.5. The number of aliphatic hydroxyl groups is 1. The molecule has 6 heteroatoms. The predicted octanol–water partition coefficient (Wildman–Crippen LogP) is 1.09. The predicted molar refractivity (Wildman–Crippen MR) is 70.8 cm³/mol. The van der Waals surface area contributed by atoms with E-state index in [1.165, 1.54) is 6.42 Å². The molecule has 0 heterocycles. The summed E-state index contributed by atoms with van der Waals surface area (Å²) in [6, 6.07) is -0.0672. The summed E-state index contributed by atoms with van der Waals surface area (Å²) in [4.78, 5) is 22.0. The Morgan fingerprint density at radius 3 is 2.74 bits per heavy atom. The smallest absolute Gasteiger partial charge is 0.332 e. The molecule has 0 bridgehead atoms. The Labute approximate surface area is 113 Å². The fraction of sp³-hybridized carbons (Fsp3) is 0.846. The van der Waals surface area contributed by atoms with Crippen LogP contribution in [0.25, 0.3) is 0 Å². The summed E-state index contributed by atoms with van der Waals surface area (Å²) >= 11 is 0. The van der Waals surface area contributed by atoms with Crippen LogP contribution in [-0.4, -0.2) is 40.9 Å². The van der Waals surface area contributed by atoms with Crippen LogP contribution in [0.3, 0.4) is 0 Å². The molecule has 110 valence electrons. The standard InChI is InChI=1S/C13H24N2O4/c1-2-9-4-3-5-10(8-9)15-13(19)14-7-6-11(16)12(17)18/h9-11,16H,2-8H2,1H3,(H,17,18)(H2,14,15,19). The van der Waals surface area contributed by atoms with Crippen molar-refractivity contribution in [1.29, 1.82) is 0 Å². The van der Waals surface area contributed by atoms with E-state index in [1.807, 2.05) is 0 Å². The molecule has 1 saturated carbocycles. The Bertz CT molecular complexity index is 309. The van der Waals surface area contributed by atoms with Crippen LogP contribution in [0, 0.1) is 5.92 Å². The lowest BCUT2D eigenvalue weighted by Gasteiger charge is -2.29. The Morgan fingerprint density at radius 1 is 1.37 bits per heavy atom. The third-order valence-corrected chi connectivity index (χ3v) is 3.68. The van der Waals surface area contributed by atoms with E-state index >= 15 is 0 Å². The monoisotopic (exact) mass is 272 g/mol. The number of carbonyl (C=O) groups is 2. The van der Waals surface area contributed by atoms with Gasteiger partial charge < -0.3 is 20.8 Å². The van der Waals surface area contributed by atoms with Gasteiger partial charge in [0.2, 0.25) is 0 Å². The zero-order valence-corrected chi connectivity index (χ0v) is 11.4. The van der Waals surface area contributed by atoms with Crippen molar-refractivity contribution in [2.24, 2.45) is 5.92 Å². The molecule has 1 aliphatic rings. The zero-order valence-electron chi connectivity index (χ0n) is 11.4. The minimum atomic E-state index is -1.42. The number of aliphatic hydroxyl groups excluding tert-OH is 1. The number of rotatable bonds is 6. The van der Waals surface area contributed by atoms with Gasteiger partial charge in [0, 0.05) is 19.0 Å². The number of aliphatic carboxylic acids is 1. The van der Waals surface area contributed by atoms with Gasteiger partial charge in [0.05, 0.1) is 0 Å². The molecule has 19 heavy (non-hydrogen) atoms. The second kappa shape index (κ2) is 7.99. The molecule has 6 nitrogen and oxygen atoms in total. The van der Waals surface area contributed by atoms with Gasteiger partial charge in [-0.15, -0.1) is 0 Å². The lowest BCUT2D eigenvalue weighted by Crippen LogP contribution is -2.44. The molecule has 0 spiro atoms. The Morgan fingerprint density at radius 2 is 2.11 bits per heavy atom. The maximum atomic E-state index is 11.6. The molecule has 0 radical (unpaired) electrons. The lowest BCUT2D eigenvalue weighted by molar-refractivity contribution is -0.146. The van der Waals surface area contributed by atoms with Gasteiger partial charge in [-0.1, -0.05) is 26.2 Å². The first kappa shape index (κ1) is 15.8. The van der Waals surface area contributed by atoms with Crippen LogP contribution < -0.4 is 10.6 Å². The third-order valence-electron chi connectivity index (χ3n) is 3.68. The summed E-state index contributed by atoms with van der Waals surface area (Å²) < 4.78 is 0. The molecule has 4 N–H and O–H groups in total. The second-order valence-corrected chi connectivity index (χ2v) is 5.18. The summed E-state index contributed by atoms with van der Waals surface area (Å²) in [5.74, 6) is -0.576. The van der Waals surface area contributed by atoms with E-state index in [4.69, 9.17) is 10.2 Å². The van der Waals surface area contributed by atoms with Gasteiger partial charge in [-0.3, -0.25) is 0 Å². The lowest BCUT2D eigenvalue weighted by atomic mass is 9.84. The van der Waals surface area contributed by atoms with Gasteiger partial charge in [0.25, 0.3) is 0 Å². The van der Waals surface area contributed by atoms with Crippen LogP contribution >= 0.6 is 0 Å². The van der Waals surface area contributed by atoms with E-state index in [2.05, 4.69) is 17.6 Å². The first-order chi connectivity index (χ1) is 9.02. The summed E-state index contributed by atoms with van der Waals surface area (Å²) in [6.07, 6.45) is 4.14. The van der Waals surface area contributed by atoms with Gasteiger partial charge in [0.1, 0.15) is 0 Å². The molecule has 2 amide bonds. The number of nitrogens with one attached hydrogen (secondary N) is 2. The molecule has 1 aliphatic carbocycles. The molecule has 3 unspecified atom stereocenters. The van der Waals surface area contributed by atoms with Gasteiger partial charge >= 0.3 is 12.0 Å². The van der Waals surface area contributed by atoms with E-state index in [9.17, 15) is 9.59 Å². The highest BCUT2D eigenvalue weighted by molar-refractivity contribution is 5.74. The Hall–Kier alpha value is -1.30. The Balaban J connectivity index is 2.18. The quantitative estimate of drug-likeness (QED) is 0.581. The maximum Gasteiger partial charge on any atom is 0.332 e. The fourth-order valence-electron chi connectivity index (χ4n) is 2.48. The molecule has 0 aromatic heterocycles. The van der Waals surface area contributed by atoms with Crippen molar-refractivity contribution in [2.45, 2.75) is 57.6 Å². The highest BCUT2D eigenvalue weighted by atomic mass is 16.4. The van der Waals surface area contributed by atoms with Crippen molar-refractivity contribution in [3.8, 4) is 0 Å². The number of carboxylic acids is 1. The summed E-state index contributed by atoms with van der Waals surface area (Å²) in [5, 5.41) is 23.0. The van der Waals surface area contributed by atoms with E-state index in [0.29, 0.717) is 5.92 Å². The summed E-state index contributed by atoms with van der Waals surface area (Å²) in [6.45, 7) is 2.32. The van der Waals surface area contributed by atoms with Crippen LogP contribution in [0.4, 0.5) is 4.79 Å². The van der Waals surface area contributed by atoms with Crippen molar-refractivity contribution < 1.29 is 19.8 Å². The number of carboxylic acid groups (broad SMARTS) is 1. The average Bonchev–Trinajstić information content (AvgIpc) is 2.38. The number of hydrogen-bond acceptors (Lipinski definition) is 3. The van der Waals surface area contributed by atoms with Gasteiger partial charge in [-0.25, -0.2) is 9.59 Å². The fourth-order valence-corrected chi connectivity index (χ4v) is 2.48. The third kappa shape index (κ3) is 5.92. The van der Waals surface area contributed by atoms with E-state index in [0.717, 1.165) is 25.7 Å². The first-order valence-electron chi connectivity index (χ1n) is 6.98. The van der Waals surface area contributed by atoms with E-state index in [1.54, 1.807) is 0 Å². The zero-order chi connectivity index (χ0) is 14.3. The molecular formula is C13H24N2O4. The largest absolute Gasteiger partial charge is 0.479 e. The van der Waals surface area contributed by atoms with E-state index in [-0.39, 0.29) is 25.0 Å². The van der Waals surface area contributed by atoms with Gasteiger partial charge in [-0.2, -0.15) is 0 Å². The SMILES string of the molecule is CCC1CCCC(NC(=O)NCCC(O)C(=O)O)C1.